The van der Waals surface area contributed by atoms with Crippen LogP contribution in [-0.4, -0.2) is 40.9 Å². The molecule has 5 nitrogen and oxygen atoms in total. The van der Waals surface area contributed by atoms with Crippen LogP contribution in [0.15, 0.2) is 12.4 Å². The Kier molecular flexibility index (Phi) is 6.25. The molecule has 0 fully saturated rings. The van der Waals surface area contributed by atoms with E-state index in [0.29, 0.717) is 17.4 Å². The van der Waals surface area contributed by atoms with Crippen molar-refractivity contribution < 1.29 is 4.79 Å². The Morgan fingerprint density at radius 3 is 2.79 bits per heavy atom. The molecule has 1 aromatic heterocycles. The molecule has 5 heteroatoms. The molecule has 1 N–H and O–H groups in total. The van der Waals surface area contributed by atoms with Gasteiger partial charge < -0.3 is 10.2 Å². The molecule has 0 bridgehead atoms. The van der Waals surface area contributed by atoms with Crippen LogP contribution in [0.5, 0.6) is 0 Å². The van der Waals surface area contributed by atoms with Crippen LogP contribution in [0.25, 0.3) is 0 Å². The Morgan fingerprint density at radius 1 is 1.42 bits per heavy atom. The van der Waals surface area contributed by atoms with E-state index in [4.69, 9.17) is 0 Å². The number of carbonyl (C=O) groups is 1. The summed E-state index contributed by atoms with van der Waals surface area (Å²) in [6.07, 6.45) is 5.23. The van der Waals surface area contributed by atoms with Crippen LogP contribution in [0, 0.1) is 5.92 Å². The molecule has 0 aliphatic heterocycles. The molecule has 1 atom stereocenters. The van der Waals surface area contributed by atoms with E-state index in [1.807, 2.05) is 7.05 Å². The molecular weight excluding hydrogens is 240 g/mol. The third kappa shape index (κ3) is 4.85. The molecule has 0 radical (unpaired) electrons. The largest absolute Gasteiger partial charge is 0.369 e. The summed E-state index contributed by atoms with van der Waals surface area (Å²) < 4.78 is 0. The van der Waals surface area contributed by atoms with Crippen molar-refractivity contribution in [3.05, 3.63) is 18.1 Å². The zero-order chi connectivity index (χ0) is 14.3. The van der Waals surface area contributed by atoms with Crippen LogP contribution in [0.3, 0.4) is 0 Å². The van der Waals surface area contributed by atoms with Crippen LogP contribution in [-0.2, 0) is 0 Å². The third-order valence-electron chi connectivity index (χ3n) is 3.04. The standard InChI is InChI=1S/C14H24N4O/c1-5-7-16-13-9-15-8-12(17-13)14(19)18(4)10-11(3)6-2/h8-9,11H,5-7,10H2,1-4H3,(H,16,17). The number of rotatable bonds is 7. The van der Waals surface area contributed by atoms with E-state index in [-0.39, 0.29) is 5.91 Å². The van der Waals surface area contributed by atoms with E-state index in [0.717, 1.165) is 25.9 Å². The molecule has 19 heavy (non-hydrogen) atoms. The van der Waals surface area contributed by atoms with Gasteiger partial charge in [0, 0.05) is 20.1 Å². The summed E-state index contributed by atoms with van der Waals surface area (Å²) in [7, 11) is 1.81. The molecule has 1 heterocycles. The van der Waals surface area contributed by atoms with Gasteiger partial charge in [0.2, 0.25) is 0 Å². The average Bonchev–Trinajstić information content (AvgIpc) is 2.44. The van der Waals surface area contributed by atoms with Crippen LogP contribution < -0.4 is 5.32 Å². The van der Waals surface area contributed by atoms with E-state index in [2.05, 4.69) is 36.1 Å². The summed E-state index contributed by atoms with van der Waals surface area (Å²) in [5.74, 6) is 1.07. The van der Waals surface area contributed by atoms with Crippen molar-refractivity contribution in [3.8, 4) is 0 Å². The van der Waals surface area contributed by atoms with Crippen molar-refractivity contribution >= 4 is 11.7 Å². The van der Waals surface area contributed by atoms with Gasteiger partial charge >= 0.3 is 0 Å². The van der Waals surface area contributed by atoms with Gasteiger partial charge in [0.1, 0.15) is 11.5 Å². The fourth-order valence-electron chi connectivity index (χ4n) is 1.68. The highest BCUT2D eigenvalue weighted by atomic mass is 16.2. The SMILES string of the molecule is CCCNc1cncc(C(=O)N(C)CC(C)CC)n1. The van der Waals surface area contributed by atoms with E-state index in [1.165, 1.54) is 6.20 Å². The van der Waals surface area contributed by atoms with Crippen LogP contribution in [0.2, 0.25) is 0 Å². The number of anilines is 1. The molecule has 1 amide bonds. The minimum Gasteiger partial charge on any atom is -0.369 e. The maximum Gasteiger partial charge on any atom is 0.273 e. The number of carbonyl (C=O) groups excluding carboxylic acids is 1. The van der Waals surface area contributed by atoms with Gasteiger partial charge in [-0.1, -0.05) is 27.2 Å². The van der Waals surface area contributed by atoms with Crippen molar-refractivity contribution in [2.75, 3.05) is 25.5 Å². The quantitative estimate of drug-likeness (QED) is 0.821. The first-order valence-electron chi connectivity index (χ1n) is 6.89. The van der Waals surface area contributed by atoms with Crippen molar-refractivity contribution in [2.24, 2.45) is 5.92 Å². The smallest absolute Gasteiger partial charge is 0.273 e. The number of nitrogens with zero attached hydrogens (tertiary/aromatic N) is 3. The molecule has 106 valence electrons. The van der Waals surface area contributed by atoms with Crippen LogP contribution >= 0.6 is 0 Å². The number of hydrogen-bond donors (Lipinski definition) is 1. The molecule has 0 aliphatic rings. The Hall–Kier alpha value is -1.65. The number of hydrogen-bond acceptors (Lipinski definition) is 4. The monoisotopic (exact) mass is 264 g/mol. The Balaban J connectivity index is 2.70. The molecule has 0 saturated carbocycles. The van der Waals surface area contributed by atoms with E-state index in [1.54, 1.807) is 11.1 Å². The van der Waals surface area contributed by atoms with Crippen LogP contribution in [0.1, 0.15) is 44.1 Å². The summed E-state index contributed by atoms with van der Waals surface area (Å²) in [4.78, 5) is 22.3. The van der Waals surface area contributed by atoms with E-state index in [9.17, 15) is 4.79 Å². The zero-order valence-corrected chi connectivity index (χ0v) is 12.3. The topological polar surface area (TPSA) is 58.1 Å². The van der Waals surface area contributed by atoms with Crippen molar-refractivity contribution in [1.29, 1.82) is 0 Å². The summed E-state index contributed by atoms with van der Waals surface area (Å²) in [6.45, 7) is 7.90. The third-order valence-corrected chi connectivity index (χ3v) is 3.04. The first-order chi connectivity index (χ1) is 9.08. The molecule has 1 rings (SSSR count). The Morgan fingerprint density at radius 2 is 2.16 bits per heavy atom. The van der Waals surface area contributed by atoms with Crippen molar-refractivity contribution in [3.63, 3.8) is 0 Å². The van der Waals surface area contributed by atoms with E-state index < -0.39 is 0 Å². The maximum atomic E-state index is 12.2. The lowest BCUT2D eigenvalue weighted by Gasteiger charge is -2.20. The van der Waals surface area contributed by atoms with Gasteiger partial charge in [-0.3, -0.25) is 9.78 Å². The van der Waals surface area contributed by atoms with Crippen LogP contribution in [0.4, 0.5) is 5.82 Å². The first kappa shape index (κ1) is 15.4. The highest BCUT2D eigenvalue weighted by molar-refractivity contribution is 5.92. The molecule has 1 unspecified atom stereocenters. The fourth-order valence-corrected chi connectivity index (χ4v) is 1.68. The zero-order valence-electron chi connectivity index (χ0n) is 12.3. The summed E-state index contributed by atoms with van der Waals surface area (Å²) >= 11 is 0. The second kappa shape index (κ2) is 7.71. The lowest BCUT2D eigenvalue weighted by molar-refractivity contribution is 0.0769. The van der Waals surface area contributed by atoms with Gasteiger partial charge in [-0.25, -0.2) is 4.98 Å². The Bertz CT molecular complexity index is 408. The van der Waals surface area contributed by atoms with Crippen molar-refractivity contribution in [2.45, 2.75) is 33.6 Å². The molecule has 1 aromatic rings. The highest BCUT2D eigenvalue weighted by Gasteiger charge is 2.15. The van der Waals surface area contributed by atoms with E-state index >= 15 is 0 Å². The number of aromatic nitrogens is 2. The molecule has 0 spiro atoms. The number of amides is 1. The second-order valence-corrected chi connectivity index (χ2v) is 4.92. The molecular formula is C14H24N4O. The predicted molar refractivity (Wildman–Crippen MR) is 77.2 cm³/mol. The minimum atomic E-state index is -0.0760. The molecule has 0 aromatic carbocycles. The lowest BCUT2D eigenvalue weighted by atomic mass is 10.1. The summed E-state index contributed by atoms with van der Waals surface area (Å²) in [5, 5.41) is 3.14. The van der Waals surface area contributed by atoms with Gasteiger partial charge in [0.05, 0.1) is 12.4 Å². The van der Waals surface area contributed by atoms with Crippen molar-refractivity contribution in [1.82, 2.24) is 14.9 Å². The number of nitrogens with one attached hydrogen (secondary N) is 1. The fraction of sp³-hybridized carbons (Fsp3) is 0.643. The first-order valence-corrected chi connectivity index (χ1v) is 6.89. The van der Waals surface area contributed by atoms with Gasteiger partial charge in [-0.15, -0.1) is 0 Å². The predicted octanol–water partition coefficient (Wildman–Crippen LogP) is 2.42. The minimum absolute atomic E-state index is 0.0760. The van der Waals surface area contributed by atoms with Gasteiger partial charge in [0.15, 0.2) is 0 Å². The highest BCUT2D eigenvalue weighted by Crippen LogP contribution is 2.08. The van der Waals surface area contributed by atoms with Gasteiger partial charge in [-0.05, 0) is 12.3 Å². The molecule has 0 saturated heterocycles. The lowest BCUT2D eigenvalue weighted by Crippen LogP contribution is -2.31. The normalized spacial score (nSPS) is 12.0. The summed E-state index contributed by atoms with van der Waals surface area (Å²) in [6, 6.07) is 0. The maximum absolute atomic E-state index is 12.2. The molecule has 0 aliphatic carbocycles. The Labute approximate surface area is 115 Å². The average molecular weight is 264 g/mol. The van der Waals surface area contributed by atoms with Gasteiger partial charge in [-0.2, -0.15) is 0 Å². The second-order valence-electron chi connectivity index (χ2n) is 4.92. The van der Waals surface area contributed by atoms with Gasteiger partial charge in [0.25, 0.3) is 5.91 Å². The summed E-state index contributed by atoms with van der Waals surface area (Å²) in [5.41, 5.74) is 0.395.